The Morgan fingerprint density at radius 3 is 2.67 bits per heavy atom. The molecule has 1 aliphatic rings. The van der Waals surface area contributed by atoms with Crippen LogP contribution < -0.4 is 4.74 Å². The molecule has 0 aliphatic carbocycles. The van der Waals surface area contributed by atoms with Gasteiger partial charge in [0.05, 0.1) is 18.8 Å². The molecule has 1 aromatic rings. The summed E-state index contributed by atoms with van der Waals surface area (Å²) in [6.07, 6.45) is -5.89. The molecule has 1 saturated heterocycles. The molecular formula is C15H16F3NO5. The van der Waals surface area contributed by atoms with Gasteiger partial charge in [-0.25, -0.2) is 4.79 Å². The summed E-state index contributed by atoms with van der Waals surface area (Å²) in [4.78, 5) is 24.6. The number of alkyl halides is 3. The Morgan fingerprint density at radius 2 is 2.04 bits per heavy atom. The molecule has 1 N–H and O–H groups in total. The lowest BCUT2D eigenvalue weighted by atomic mass is 10.1. The molecule has 1 aliphatic heterocycles. The lowest BCUT2D eigenvalue weighted by Gasteiger charge is -2.34. The van der Waals surface area contributed by atoms with Crippen LogP contribution in [-0.2, 0) is 20.5 Å². The minimum Gasteiger partial charge on any atom is -0.480 e. The number of halogens is 3. The van der Waals surface area contributed by atoms with E-state index in [0.717, 1.165) is 17.0 Å². The summed E-state index contributed by atoms with van der Waals surface area (Å²) in [5, 5.41) is 9.12. The lowest BCUT2D eigenvalue weighted by molar-refractivity contribution is -0.161. The van der Waals surface area contributed by atoms with Crippen LogP contribution in [-0.4, -0.2) is 53.8 Å². The second-order valence-corrected chi connectivity index (χ2v) is 5.21. The topological polar surface area (TPSA) is 76.1 Å². The van der Waals surface area contributed by atoms with Crippen LogP contribution in [0.5, 0.6) is 5.75 Å². The third-order valence-corrected chi connectivity index (χ3v) is 3.54. The summed E-state index contributed by atoms with van der Waals surface area (Å²) in [7, 11) is 0. The highest BCUT2D eigenvalue weighted by atomic mass is 19.4. The second kappa shape index (κ2) is 7.08. The van der Waals surface area contributed by atoms with E-state index in [-0.39, 0.29) is 19.8 Å². The molecule has 0 radical (unpaired) electrons. The molecule has 24 heavy (non-hydrogen) atoms. The maximum Gasteiger partial charge on any atom is 0.419 e. The molecule has 9 heteroatoms. The van der Waals surface area contributed by atoms with Crippen molar-refractivity contribution in [3.8, 4) is 5.75 Å². The number of morpholine rings is 1. The van der Waals surface area contributed by atoms with E-state index in [0.29, 0.717) is 0 Å². The Morgan fingerprint density at radius 1 is 1.38 bits per heavy atom. The minimum absolute atomic E-state index is 0.0322. The van der Waals surface area contributed by atoms with Crippen molar-refractivity contribution in [1.29, 1.82) is 0 Å². The second-order valence-electron chi connectivity index (χ2n) is 5.21. The van der Waals surface area contributed by atoms with E-state index >= 15 is 0 Å². The van der Waals surface area contributed by atoms with Gasteiger partial charge in [0.2, 0.25) is 0 Å². The number of carbonyl (C=O) groups excluding carboxylic acids is 1. The van der Waals surface area contributed by atoms with Gasteiger partial charge in [-0.3, -0.25) is 4.79 Å². The molecule has 132 valence electrons. The number of ether oxygens (including phenoxy) is 2. The van der Waals surface area contributed by atoms with Crippen LogP contribution in [0.15, 0.2) is 24.3 Å². The van der Waals surface area contributed by atoms with Gasteiger partial charge in [0.15, 0.2) is 12.1 Å². The average Bonchev–Trinajstić information content (AvgIpc) is 2.53. The largest absolute Gasteiger partial charge is 0.480 e. The number of para-hydroxylation sites is 1. The van der Waals surface area contributed by atoms with Crippen molar-refractivity contribution in [3.05, 3.63) is 29.8 Å². The molecule has 2 atom stereocenters. The number of aliphatic carboxylic acids is 1. The number of hydrogen-bond acceptors (Lipinski definition) is 4. The van der Waals surface area contributed by atoms with Gasteiger partial charge in [-0.2, -0.15) is 13.2 Å². The molecule has 0 unspecified atom stereocenters. The highest BCUT2D eigenvalue weighted by Crippen LogP contribution is 2.36. The number of benzene rings is 1. The number of carboxylic acids is 1. The van der Waals surface area contributed by atoms with E-state index < -0.39 is 41.5 Å². The number of carbonyl (C=O) groups is 2. The van der Waals surface area contributed by atoms with Crippen molar-refractivity contribution < 1.29 is 37.3 Å². The first-order chi connectivity index (χ1) is 11.2. The minimum atomic E-state index is -4.62. The molecule has 1 aromatic carbocycles. The van der Waals surface area contributed by atoms with Crippen molar-refractivity contribution in [2.24, 2.45) is 0 Å². The lowest BCUT2D eigenvalue weighted by Crippen LogP contribution is -2.55. The number of amides is 1. The average molecular weight is 347 g/mol. The summed E-state index contributed by atoms with van der Waals surface area (Å²) < 4.78 is 49.0. The predicted molar refractivity (Wildman–Crippen MR) is 75.5 cm³/mol. The van der Waals surface area contributed by atoms with Gasteiger partial charge >= 0.3 is 12.1 Å². The van der Waals surface area contributed by atoms with Crippen LogP contribution in [0, 0.1) is 0 Å². The standard InChI is InChI=1S/C15H16F3NO5/c1-9(13(20)19-6-7-23-8-11(19)14(21)22)24-12-5-3-2-4-10(12)15(16,17)18/h2-5,9,11H,6-8H2,1H3,(H,21,22)/t9-,11-/m1/s1. The van der Waals surface area contributed by atoms with E-state index in [4.69, 9.17) is 14.6 Å². The van der Waals surface area contributed by atoms with Crippen LogP contribution in [0.25, 0.3) is 0 Å². The van der Waals surface area contributed by atoms with Crippen LogP contribution in [0.1, 0.15) is 12.5 Å². The normalized spacial score (nSPS) is 19.7. The molecular weight excluding hydrogens is 331 g/mol. The molecule has 1 heterocycles. The molecule has 0 saturated carbocycles. The zero-order valence-corrected chi connectivity index (χ0v) is 12.7. The van der Waals surface area contributed by atoms with E-state index in [1.165, 1.54) is 19.1 Å². The van der Waals surface area contributed by atoms with Gasteiger partial charge < -0.3 is 19.5 Å². The molecule has 2 rings (SSSR count). The van der Waals surface area contributed by atoms with Crippen molar-refractivity contribution in [2.75, 3.05) is 19.8 Å². The number of hydrogen-bond donors (Lipinski definition) is 1. The molecule has 0 bridgehead atoms. The van der Waals surface area contributed by atoms with Gasteiger partial charge in [-0.1, -0.05) is 12.1 Å². The summed E-state index contributed by atoms with van der Waals surface area (Å²) in [6.45, 7) is 1.29. The zero-order valence-electron chi connectivity index (χ0n) is 12.7. The molecule has 0 aromatic heterocycles. The smallest absolute Gasteiger partial charge is 0.419 e. The van der Waals surface area contributed by atoms with E-state index in [1.54, 1.807) is 0 Å². The Hall–Kier alpha value is -2.29. The Balaban J connectivity index is 2.16. The van der Waals surface area contributed by atoms with Gasteiger partial charge in [-0.05, 0) is 19.1 Å². The van der Waals surface area contributed by atoms with Crippen molar-refractivity contribution in [3.63, 3.8) is 0 Å². The van der Waals surface area contributed by atoms with Crippen molar-refractivity contribution in [2.45, 2.75) is 25.2 Å². The fraction of sp³-hybridized carbons (Fsp3) is 0.467. The Bertz CT molecular complexity index is 619. The maximum absolute atomic E-state index is 13.0. The van der Waals surface area contributed by atoms with Crippen molar-refractivity contribution >= 4 is 11.9 Å². The molecule has 1 amide bonds. The van der Waals surface area contributed by atoms with E-state index in [2.05, 4.69) is 0 Å². The highest BCUT2D eigenvalue weighted by molar-refractivity contribution is 5.86. The summed E-state index contributed by atoms with van der Waals surface area (Å²) in [6, 6.07) is 3.35. The van der Waals surface area contributed by atoms with Crippen LogP contribution in [0.2, 0.25) is 0 Å². The first kappa shape index (κ1) is 18.1. The summed E-state index contributed by atoms with van der Waals surface area (Å²) >= 11 is 0. The zero-order chi connectivity index (χ0) is 17.9. The summed E-state index contributed by atoms with van der Waals surface area (Å²) in [5.41, 5.74) is -0.999. The van der Waals surface area contributed by atoms with E-state index in [1.807, 2.05) is 0 Å². The van der Waals surface area contributed by atoms with Gasteiger partial charge in [-0.15, -0.1) is 0 Å². The highest BCUT2D eigenvalue weighted by Gasteiger charge is 2.38. The van der Waals surface area contributed by atoms with Gasteiger partial charge in [0, 0.05) is 6.54 Å². The van der Waals surface area contributed by atoms with Crippen molar-refractivity contribution in [1.82, 2.24) is 4.90 Å². The van der Waals surface area contributed by atoms with Gasteiger partial charge in [0.1, 0.15) is 5.75 Å². The SMILES string of the molecule is C[C@@H](Oc1ccccc1C(F)(F)F)C(=O)N1CCOC[C@@H]1C(=O)O. The summed E-state index contributed by atoms with van der Waals surface area (Å²) in [5.74, 6) is -2.43. The quantitative estimate of drug-likeness (QED) is 0.899. The number of nitrogens with zero attached hydrogens (tertiary/aromatic N) is 1. The fourth-order valence-electron chi connectivity index (χ4n) is 2.35. The molecule has 0 spiro atoms. The third-order valence-electron chi connectivity index (χ3n) is 3.54. The molecule has 1 fully saturated rings. The first-order valence-corrected chi connectivity index (χ1v) is 7.15. The number of carboxylic acid groups (broad SMARTS) is 1. The predicted octanol–water partition coefficient (Wildman–Crippen LogP) is 1.78. The Kier molecular flexibility index (Phi) is 5.33. The van der Waals surface area contributed by atoms with Crippen LogP contribution in [0.4, 0.5) is 13.2 Å². The third kappa shape index (κ3) is 3.97. The first-order valence-electron chi connectivity index (χ1n) is 7.15. The Labute approximate surface area is 135 Å². The fourth-order valence-corrected chi connectivity index (χ4v) is 2.35. The van der Waals surface area contributed by atoms with Gasteiger partial charge in [0.25, 0.3) is 5.91 Å². The number of rotatable bonds is 4. The van der Waals surface area contributed by atoms with Crippen LogP contribution >= 0.6 is 0 Å². The van der Waals surface area contributed by atoms with Crippen LogP contribution in [0.3, 0.4) is 0 Å². The molecule has 6 nitrogen and oxygen atoms in total. The maximum atomic E-state index is 13.0. The van der Waals surface area contributed by atoms with E-state index in [9.17, 15) is 22.8 Å². The monoisotopic (exact) mass is 347 g/mol.